The van der Waals surface area contributed by atoms with E-state index in [1.54, 1.807) is 42.9 Å². The predicted octanol–water partition coefficient (Wildman–Crippen LogP) is 5.86. The number of nitrogens with one attached hydrogen (secondary N) is 1. The van der Waals surface area contributed by atoms with Gasteiger partial charge in [0, 0.05) is 23.4 Å². The van der Waals surface area contributed by atoms with E-state index in [4.69, 9.17) is 0 Å². The van der Waals surface area contributed by atoms with E-state index in [2.05, 4.69) is 10.3 Å². The van der Waals surface area contributed by atoms with Gasteiger partial charge in [0.1, 0.15) is 5.82 Å². The minimum atomic E-state index is -0.379. The van der Waals surface area contributed by atoms with Gasteiger partial charge >= 0.3 is 0 Å². The fourth-order valence-electron chi connectivity index (χ4n) is 3.38. The zero-order chi connectivity index (χ0) is 20.8. The molecular formula is C26H20FN2O. The summed E-state index contributed by atoms with van der Waals surface area (Å²) in [5.41, 5.74) is 3.94. The zero-order valence-corrected chi connectivity index (χ0v) is 16.2. The first kappa shape index (κ1) is 19.5. The first-order valence-corrected chi connectivity index (χ1v) is 9.66. The number of hydrogen-bond donors (Lipinski definition) is 1. The molecule has 0 saturated carbocycles. The molecule has 0 aliphatic rings. The van der Waals surface area contributed by atoms with Gasteiger partial charge in [-0.1, -0.05) is 72.8 Å². The molecule has 0 bridgehead atoms. The highest BCUT2D eigenvalue weighted by Crippen LogP contribution is 2.28. The lowest BCUT2D eigenvalue weighted by Crippen LogP contribution is -2.17. The van der Waals surface area contributed by atoms with Gasteiger partial charge in [0.2, 0.25) is 5.91 Å². The number of rotatable bonds is 6. The van der Waals surface area contributed by atoms with Crippen LogP contribution >= 0.6 is 0 Å². The fraction of sp³-hybridized carbons (Fsp3) is 0.0385. The molecule has 4 heteroatoms. The average Bonchev–Trinajstić information content (AvgIpc) is 2.80. The maximum Gasteiger partial charge on any atom is 0.229 e. The molecule has 3 nitrogen and oxygen atoms in total. The van der Waals surface area contributed by atoms with E-state index in [1.165, 1.54) is 6.20 Å². The van der Waals surface area contributed by atoms with E-state index in [0.29, 0.717) is 11.3 Å². The standard InChI is InChI=1S/C26H20FN2O/c27-25-18-28-16-15-23(25)21-11-13-22(14-12-21)29-26(30)17-24(19-7-3-1-4-8-19)20-9-5-2-6-10-20/h1-18,24H,(H,29,30). The molecule has 3 aromatic carbocycles. The van der Waals surface area contributed by atoms with Gasteiger partial charge in [-0.2, -0.15) is 0 Å². The molecule has 0 saturated heterocycles. The first-order valence-electron chi connectivity index (χ1n) is 9.66. The Morgan fingerprint density at radius 1 is 0.833 bits per heavy atom. The largest absolute Gasteiger partial charge is 0.326 e. The summed E-state index contributed by atoms with van der Waals surface area (Å²) in [5, 5.41) is 2.90. The summed E-state index contributed by atoms with van der Waals surface area (Å²) in [6.07, 6.45) is 4.42. The van der Waals surface area contributed by atoms with Crippen molar-refractivity contribution in [2.45, 2.75) is 5.92 Å². The Balaban J connectivity index is 1.49. The molecule has 0 fully saturated rings. The summed E-state index contributed by atoms with van der Waals surface area (Å²) in [6, 6.07) is 28.5. The van der Waals surface area contributed by atoms with E-state index >= 15 is 0 Å². The van der Waals surface area contributed by atoms with Crippen molar-refractivity contribution in [2.24, 2.45) is 0 Å². The van der Waals surface area contributed by atoms with Crippen molar-refractivity contribution < 1.29 is 9.18 Å². The second-order valence-corrected chi connectivity index (χ2v) is 6.89. The minimum absolute atomic E-state index is 0.155. The maximum atomic E-state index is 13.9. The van der Waals surface area contributed by atoms with E-state index in [0.717, 1.165) is 16.7 Å². The fourth-order valence-corrected chi connectivity index (χ4v) is 3.38. The summed E-state index contributed by atoms with van der Waals surface area (Å²) in [6.45, 7) is 0. The molecule has 4 aromatic rings. The number of nitrogens with zero attached hydrogens (tertiary/aromatic N) is 1. The van der Waals surface area contributed by atoms with Gasteiger partial charge in [-0.05, 0) is 34.9 Å². The molecule has 0 aliphatic heterocycles. The van der Waals surface area contributed by atoms with Gasteiger partial charge in [0.15, 0.2) is 0 Å². The lowest BCUT2D eigenvalue weighted by Gasteiger charge is -2.17. The summed E-state index contributed by atoms with van der Waals surface area (Å²) >= 11 is 0. The molecular weight excluding hydrogens is 375 g/mol. The van der Waals surface area contributed by atoms with Crippen LogP contribution in [0.15, 0.2) is 103 Å². The molecule has 0 spiro atoms. The summed E-state index contributed by atoms with van der Waals surface area (Å²) in [4.78, 5) is 16.5. The second kappa shape index (κ2) is 9.14. The quantitative estimate of drug-likeness (QED) is 0.444. The third kappa shape index (κ3) is 4.61. The van der Waals surface area contributed by atoms with E-state index in [-0.39, 0.29) is 17.6 Å². The summed E-state index contributed by atoms with van der Waals surface area (Å²) < 4.78 is 13.9. The summed E-state index contributed by atoms with van der Waals surface area (Å²) in [7, 11) is 0. The Hall–Kier alpha value is -3.79. The lowest BCUT2D eigenvalue weighted by atomic mass is 9.88. The normalized spacial score (nSPS) is 10.7. The van der Waals surface area contributed by atoms with Crippen LogP contribution in [0.4, 0.5) is 10.1 Å². The minimum Gasteiger partial charge on any atom is -0.326 e. The van der Waals surface area contributed by atoms with Crippen LogP contribution in [0, 0.1) is 12.2 Å². The highest BCUT2D eigenvalue weighted by molar-refractivity contribution is 5.98. The van der Waals surface area contributed by atoms with Crippen LogP contribution in [0.2, 0.25) is 0 Å². The SMILES string of the molecule is O=C([CH]C(c1ccccc1)c1ccccc1)Nc1ccc(-c2ccncc2F)cc1. The molecule has 147 valence electrons. The van der Waals surface area contributed by atoms with Crippen molar-refractivity contribution in [2.75, 3.05) is 5.32 Å². The molecule has 1 amide bonds. The number of carbonyl (C=O) groups excluding carboxylic acids is 1. The molecule has 30 heavy (non-hydrogen) atoms. The van der Waals surface area contributed by atoms with Crippen LogP contribution in [0.5, 0.6) is 0 Å². The molecule has 0 atom stereocenters. The number of anilines is 1. The molecule has 1 aromatic heterocycles. The maximum absolute atomic E-state index is 13.9. The average molecular weight is 395 g/mol. The number of carbonyl (C=O) groups is 1. The molecule has 0 aliphatic carbocycles. The molecule has 1 heterocycles. The second-order valence-electron chi connectivity index (χ2n) is 6.89. The predicted molar refractivity (Wildman–Crippen MR) is 117 cm³/mol. The third-order valence-corrected chi connectivity index (χ3v) is 4.87. The van der Waals surface area contributed by atoms with E-state index in [9.17, 15) is 9.18 Å². The number of hydrogen-bond acceptors (Lipinski definition) is 2. The van der Waals surface area contributed by atoms with Crippen molar-refractivity contribution in [3.05, 3.63) is 127 Å². The monoisotopic (exact) mass is 395 g/mol. The molecule has 4 rings (SSSR count). The zero-order valence-electron chi connectivity index (χ0n) is 16.2. The van der Waals surface area contributed by atoms with Crippen LogP contribution in [0.25, 0.3) is 11.1 Å². The van der Waals surface area contributed by atoms with Crippen LogP contribution < -0.4 is 5.32 Å². The number of amides is 1. The van der Waals surface area contributed by atoms with Crippen molar-refractivity contribution in [3.8, 4) is 11.1 Å². The van der Waals surface area contributed by atoms with Crippen LogP contribution in [-0.2, 0) is 4.79 Å². The molecule has 1 N–H and O–H groups in total. The number of benzene rings is 3. The van der Waals surface area contributed by atoms with Crippen LogP contribution in [0.1, 0.15) is 17.0 Å². The Morgan fingerprint density at radius 3 is 2.00 bits per heavy atom. The Kier molecular flexibility index (Phi) is 5.95. The van der Waals surface area contributed by atoms with Crippen LogP contribution in [-0.4, -0.2) is 10.9 Å². The van der Waals surface area contributed by atoms with Gasteiger partial charge in [-0.15, -0.1) is 0 Å². The lowest BCUT2D eigenvalue weighted by molar-refractivity contribution is -0.113. The van der Waals surface area contributed by atoms with Gasteiger partial charge in [0.25, 0.3) is 0 Å². The van der Waals surface area contributed by atoms with E-state index < -0.39 is 0 Å². The molecule has 1 radical (unpaired) electrons. The first-order chi connectivity index (χ1) is 14.7. The van der Waals surface area contributed by atoms with Gasteiger partial charge < -0.3 is 5.32 Å². The number of aromatic nitrogens is 1. The highest BCUT2D eigenvalue weighted by Gasteiger charge is 2.18. The van der Waals surface area contributed by atoms with Gasteiger partial charge in [0.05, 0.1) is 12.6 Å². The smallest absolute Gasteiger partial charge is 0.229 e. The van der Waals surface area contributed by atoms with Crippen LogP contribution in [0.3, 0.4) is 0 Å². The van der Waals surface area contributed by atoms with Crippen molar-refractivity contribution in [1.29, 1.82) is 0 Å². The summed E-state index contributed by atoms with van der Waals surface area (Å²) in [5.74, 6) is -0.732. The van der Waals surface area contributed by atoms with E-state index in [1.807, 2.05) is 60.7 Å². The third-order valence-electron chi connectivity index (χ3n) is 4.87. The van der Waals surface area contributed by atoms with Gasteiger partial charge in [-0.25, -0.2) is 4.39 Å². The Labute approximate surface area is 175 Å². The Bertz CT molecular complexity index is 1070. The molecule has 0 unspecified atom stereocenters. The topological polar surface area (TPSA) is 42.0 Å². The number of halogens is 1. The van der Waals surface area contributed by atoms with Crippen molar-refractivity contribution in [1.82, 2.24) is 4.98 Å². The highest BCUT2D eigenvalue weighted by atomic mass is 19.1. The van der Waals surface area contributed by atoms with Crippen molar-refractivity contribution in [3.63, 3.8) is 0 Å². The van der Waals surface area contributed by atoms with Crippen molar-refractivity contribution >= 4 is 11.6 Å². The van der Waals surface area contributed by atoms with Gasteiger partial charge in [-0.3, -0.25) is 9.78 Å². The number of pyridine rings is 1. The Morgan fingerprint density at radius 2 is 1.43 bits per heavy atom.